The monoisotopic (exact) mass is 390 g/mol. The average Bonchev–Trinajstić information content (AvgIpc) is 3.46. The number of nitrogens with one attached hydrogen (secondary N) is 1. The number of carbonyl (C=O) groups is 1. The molecule has 7 nitrogen and oxygen atoms in total. The zero-order valence-electron chi connectivity index (χ0n) is 15.6. The van der Waals surface area contributed by atoms with Gasteiger partial charge in [0.05, 0.1) is 13.4 Å². The Bertz CT molecular complexity index is 1070. The van der Waals surface area contributed by atoms with E-state index >= 15 is 0 Å². The van der Waals surface area contributed by atoms with Crippen molar-refractivity contribution in [2.45, 2.75) is 6.61 Å². The molecular formula is C22H18N2O5. The second-order valence-electron chi connectivity index (χ2n) is 6.12. The van der Waals surface area contributed by atoms with Gasteiger partial charge in [0.1, 0.15) is 30.1 Å². The van der Waals surface area contributed by atoms with Crippen LogP contribution < -0.4 is 14.8 Å². The lowest BCUT2D eigenvalue weighted by atomic mass is 10.2. The molecule has 0 spiro atoms. The summed E-state index contributed by atoms with van der Waals surface area (Å²) in [5.74, 6) is 1.88. The molecule has 2 aromatic carbocycles. The van der Waals surface area contributed by atoms with Crippen molar-refractivity contribution in [3.63, 3.8) is 0 Å². The first kappa shape index (κ1) is 18.4. The van der Waals surface area contributed by atoms with Gasteiger partial charge in [0.2, 0.25) is 5.89 Å². The highest BCUT2D eigenvalue weighted by Crippen LogP contribution is 2.23. The number of carbonyl (C=O) groups excluding carboxylic acids is 1. The van der Waals surface area contributed by atoms with Gasteiger partial charge in [-0.05, 0) is 60.7 Å². The van der Waals surface area contributed by atoms with Gasteiger partial charge in [0.15, 0.2) is 5.76 Å². The van der Waals surface area contributed by atoms with Crippen LogP contribution in [0.1, 0.15) is 16.2 Å². The molecule has 0 saturated carbocycles. The van der Waals surface area contributed by atoms with Crippen LogP contribution in [0, 0.1) is 0 Å². The highest BCUT2D eigenvalue weighted by Gasteiger charge is 2.10. The minimum atomic E-state index is -0.308. The maximum atomic E-state index is 12.0. The van der Waals surface area contributed by atoms with Crippen molar-refractivity contribution >= 4 is 11.6 Å². The summed E-state index contributed by atoms with van der Waals surface area (Å²) >= 11 is 0. The van der Waals surface area contributed by atoms with E-state index in [4.69, 9.17) is 18.3 Å². The Balaban J connectivity index is 1.33. The molecule has 0 aliphatic rings. The van der Waals surface area contributed by atoms with Gasteiger partial charge >= 0.3 is 0 Å². The predicted molar refractivity (Wildman–Crippen MR) is 106 cm³/mol. The number of aromatic nitrogens is 1. The maximum Gasteiger partial charge on any atom is 0.291 e. The summed E-state index contributed by atoms with van der Waals surface area (Å²) < 4.78 is 21.5. The topological polar surface area (TPSA) is 86.7 Å². The molecule has 1 amide bonds. The number of hydrogen-bond donors (Lipinski definition) is 1. The number of nitrogens with zero attached hydrogens (tertiary/aromatic N) is 1. The maximum absolute atomic E-state index is 12.0. The number of hydrogen-bond acceptors (Lipinski definition) is 6. The van der Waals surface area contributed by atoms with E-state index in [-0.39, 0.29) is 18.3 Å². The Hall–Kier alpha value is -4.00. The number of oxazole rings is 1. The summed E-state index contributed by atoms with van der Waals surface area (Å²) in [6, 6.07) is 17.8. The van der Waals surface area contributed by atoms with E-state index in [1.54, 1.807) is 49.8 Å². The van der Waals surface area contributed by atoms with Gasteiger partial charge in [0, 0.05) is 11.3 Å². The Morgan fingerprint density at radius 2 is 1.76 bits per heavy atom. The molecule has 0 unspecified atom stereocenters. The van der Waals surface area contributed by atoms with Crippen LogP contribution in [0.5, 0.6) is 11.5 Å². The van der Waals surface area contributed by atoms with Crippen LogP contribution in [0.2, 0.25) is 0 Å². The number of ether oxygens (including phenoxy) is 2. The van der Waals surface area contributed by atoms with Crippen LogP contribution in [0.25, 0.3) is 11.5 Å². The number of methoxy groups -OCH3 is 1. The van der Waals surface area contributed by atoms with Crippen molar-refractivity contribution < 1.29 is 23.1 Å². The predicted octanol–water partition coefficient (Wildman–Crippen LogP) is 4.77. The second kappa shape index (κ2) is 8.35. The number of anilines is 1. The van der Waals surface area contributed by atoms with E-state index < -0.39 is 0 Å². The third kappa shape index (κ3) is 4.47. The zero-order valence-corrected chi connectivity index (χ0v) is 15.6. The van der Waals surface area contributed by atoms with Gasteiger partial charge in [-0.25, -0.2) is 4.98 Å². The third-order valence-electron chi connectivity index (χ3n) is 4.13. The molecule has 146 valence electrons. The van der Waals surface area contributed by atoms with E-state index in [9.17, 15) is 4.79 Å². The SMILES string of the molecule is COc1ccc(-c2nc(COc3ccc(NC(=O)c4ccco4)cc3)co2)cc1. The molecule has 0 aliphatic heterocycles. The number of amides is 1. The molecule has 4 rings (SSSR count). The normalized spacial score (nSPS) is 10.5. The van der Waals surface area contributed by atoms with Gasteiger partial charge in [-0.3, -0.25) is 4.79 Å². The van der Waals surface area contributed by atoms with E-state index in [2.05, 4.69) is 10.3 Å². The van der Waals surface area contributed by atoms with Crippen molar-refractivity contribution in [2.24, 2.45) is 0 Å². The van der Waals surface area contributed by atoms with Crippen LogP contribution in [-0.4, -0.2) is 18.0 Å². The molecule has 29 heavy (non-hydrogen) atoms. The van der Waals surface area contributed by atoms with Gasteiger partial charge < -0.3 is 23.6 Å². The van der Waals surface area contributed by atoms with Crippen LogP contribution in [0.3, 0.4) is 0 Å². The molecule has 0 atom stereocenters. The van der Waals surface area contributed by atoms with E-state index in [0.717, 1.165) is 11.3 Å². The first-order valence-electron chi connectivity index (χ1n) is 8.88. The van der Waals surface area contributed by atoms with Crippen molar-refractivity contribution in [3.05, 3.63) is 84.6 Å². The second-order valence-corrected chi connectivity index (χ2v) is 6.12. The fourth-order valence-corrected chi connectivity index (χ4v) is 2.63. The third-order valence-corrected chi connectivity index (χ3v) is 4.13. The summed E-state index contributed by atoms with van der Waals surface area (Å²) in [6.07, 6.45) is 3.02. The smallest absolute Gasteiger partial charge is 0.291 e. The van der Waals surface area contributed by atoms with E-state index in [1.165, 1.54) is 6.26 Å². The molecule has 2 aromatic heterocycles. The molecule has 0 aliphatic carbocycles. The molecule has 1 N–H and O–H groups in total. The molecule has 4 aromatic rings. The lowest BCUT2D eigenvalue weighted by Gasteiger charge is -2.06. The van der Waals surface area contributed by atoms with E-state index in [0.29, 0.717) is 23.0 Å². The van der Waals surface area contributed by atoms with Gasteiger partial charge in [-0.1, -0.05) is 0 Å². The minimum absolute atomic E-state index is 0.254. The lowest BCUT2D eigenvalue weighted by Crippen LogP contribution is -2.10. The minimum Gasteiger partial charge on any atom is -0.497 e. The van der Waals surface area contributed by atoms with Crippen LogP contribution in [0.15, 0.2) is 82.0 Å². The molecule has 0 bridgehead atoms. The van der Waals surface area contributed by atoms with Gasteiger partial charge in [0.25, 0.3) is 5.91 Å². The number of benzene rings is 2. The van der Waals surface area contributed by atoms with Crippen molar-refractivity contribution in [1.82, 2.24) is 4.98 Å². The van der Waals surface area contributed by atoms with Gasteiger partial charge in [-0.15, -0.1) is 0 Å². The number of furan rings is 1. The Kier molecular flexibility index (Phi) is 5.29. The first-order chi connectivity index (χ1) is 14.2. The summed E-state index contributed by atoms with van der Waals surface area (Å²) in [7, 11) is 1.62. The van der Waals surface area contributed by atoms with E-state index in [1.807, 2.05) is 24.3 Å². The van der Waals surface area contributed by atoms with Gasteiger partial charge in [-0.2, -0.15) is 0 Å². The molecular weight excluding hydrogens is 372 g/mol. The zero-order chi connectivity index (χ0) is 20.1. The summed E-state index contributed by atoms with van der Waals surface area (Å²) in [5, 5.41) is 2.75. The highest BCUT2D eigenvalue weighted by molar-refractivity contribution is 6.02. The Morgan fingerprint density at radius 1 is 1.00 bits per heavy atom. The van der Waals surface area contributed by atoms with Crippen LogP contribution in [0.4, 0.5) is 5.69 Å². The summed E-state index contributed by atoms with van der Waals surface area (Å²) in [5.41, 5.74) is 2.17. The first-order valence-corrected chi connectivity index (χ1v) is 8.88. The van der Waals surface area contributed by atoms with Crippen LogP contribution in [-0.2, 0) is 6.61 Å². The molecule has 2 heterocycles. The molecule has 7 heteroatoms. The van der Waals surface area contributed by atoms with Crippen molar-refractivity contribution in [1.29, 1.82) is 0 Å². The number of rotatable bonds is 7. The summed E-state index contributed by atoms with van der Waals surface area (Å²) in [4.78, 5) is 16.4. The average molecular weight is 390 g/mol. The molecule has 0 saturated heterocycles. The quantitative estimate of drug-likeness (QED) is 0.489. The fourth-order valence-electron chi connectivity index (χ4n) is 2.63. The largest absolute Gasteiger partial charge is 0.497 e. The fraction of sp³-hybridized carbons (Fsp3) is 0.0909. The van der Waals surface area contributed by atoms with Crippen molar-refractivity contribution in [3.8, 4) is 23.0 Å². The van der Waals surface area contributed by atoms with Crippen LogP contribution >= 0.6 is 0 Å². The Labute approximate surface area is 166 Å². The summed E-state index contributed by atoms with van der Waals surface area (Å²) in [6.45, 7) is 0.262. The molecule has 0 fully saturated rings. The van der Waals surface area contributed by atoms with Crippen molar-refractivity contribution in [2.75, 3.05) is 12.4 Å². The lowest BCUT2D eigenvalue weighted by molar-refractivity contribution is 0.0996. The standard InChI is InChI=1S/C22H18N2O5/c1-26-18-8-4-15(5-9-18)22-24-17(14-29-22)13-28-19-10-6-16(7-11-19)23-21(25)20-3-2-12-27-20/h2-12,14H,13H2,1H3,(H,23,25). The highest BCUT2D eigenvalue weighted by atomic mass is 16.5. The Morgan fingerprint density at radius 3 is 2.45 bits per heavy atom. The molecule has 0 radical (unpaired) electrons.